The van der Waals surface area contributed by atoms with Crippen LogP contribution in [0, 0.1) is 5.82 Å². The maximum Gasteiger partial charge on any atom is 0.255 e. The predicted octanol–water partition coefficient (Wildman–Crippen LogP) is 4.43. The molecule has 0 heterocycles. The lowest BCUT2D eigenvalue weighted by atomic mass is 10.2. The van der Waals surface area contributed by atoms with E-state index in [4.69, 9.17) is 4.74 Å². The van der Waals surface area contributed by atoms with Crippen molar-refractivity contribution < 1.29 is 22.3 Å². The SMILES string of the molecule is CCN(CC)S(=O)(=O)c1cc(C(=O)Nc2ccc(OC3CCCC3)cc2)ccc1F. The Balaban J connectivity index is 1.74. The standard InChI is InChI=1S/C22H27FN2O4S/c1-3-25(4-2)30(27,28)21-15-16(9-14-20(21)23)22(26)24-17-10-12-19(13-11-17)29-18-7-5-6-8-18/h9-15,18H,3-8H2,1-2H3,(H,24,26). The minimum absolute atomic E-state index is 0.0633. The summed E-state index contributed by atoms with van der Waals surface area (Å²) < 4.78 is 46.6. The second-order valence-electron chi connectivity index (χ2n) is 7.24. The van der Waals surface area contributed by atoms with Gasteiger partial charge in [-0.1, -0.05) is 13.8 Å². The first-order valence-electron chi connectivity index (χ1n) is 10.2. The normalized spacial score (nSPS) is 14.8. The number of halogens is 1. The van der Waals surface area contributed by atoms with Gasteiger partial charge in [0, 0.05) is 24.3 Å². The Hall–Kier alpha value is -2.45. The van der Waals surface area contributed by atoms with Crippen LogP contribution in [0.1, 0.15) is 49.9 Å². The number of hydrogen-bond donors (Lipinski definition) is 1. The van der Waals surface area contributed by atoms with Crippen LogP contribution in [0.3, 0.4) is 0 Å². The third kappa shape index (κ3) is 4.99. The van der Waals surface area contributed by atoms with Gasteiger partial charge >= 0.3 is 0 Å². The van der Waals surface area contributed by atoms with Crippen LogP contribution < -0.4 is 10.1 Å². The molecule has 162 valence electrons. The first kappa shape index (κ1) is 22.2. The lowest BCUT2D eigenvalue weighted by Crippen LogP contribution is -2.31. The maximum absolute atomic E-state index is 14.2. The Bertz CT molecular complexity index is 983. The van der Waals surface area contributed by atoms with Crippen molar-refractivity contribution in [3.8, 4) is 5.75 Å². The molecule has 30 heavy (non-hydrogen) atoms. The fourth-order valence-corrected chi connectivity index (χ4v) is 5.11. The predicted molar refractivity (Wildman–Crippen MR) is 114 cm³/mol. The van der Waals surface area contributed by atoms with Crippen LogP contribution in [0.15, 0.2) is 47.4 Å². The van der Waals surface area contributed by atoms with E-state index in [1.807, 2.05) is 0 Å². The molecule has 2 aromatic carbocycles. The zero-order chi connectivity index (χ0) is 21.7. The number of amides is 1. The summed E-state index contributed by atoms with van der Waals surface area (Å²) in [5.41, 5.74) is 0.602. The molecular weight excluding hydrogens is 407 g/mol. The molecule has 0 aliphatic heterocycles. The van der Waals surface area contributed by atoms with Gasteiger partial charge in [-0.25, -0.2) is 12.8 Å². The van der Waals surface area contributed by atoms with E-state index in [0.717, 1.165) is 35.0 Å². The molecule has 1 N–H and O–H groups in total. The number of nitrogens with zero attached hydrogens (tertiary/aromatic N) is 1. The minimum atomic E-state index is -4.02. The summed E-state index contributed by atoms with van der Waals surface area (Å²) >= 11 is 0. The molecule has 3 rings (SSSR count). The second kappa shape index (κ2) is 9.57. The zero-order valence-corrected chi connectivity index (χ0v) is 18.0. The molecule has 8 heteroatoms. The van der Waals surface area contributed by atoms with E-state index in [1.54, 1.807) is 38.1 Å². The van der Waals surface area contributed by atoms with E-state index in [0.29, 0.717) is 5.69 Å². The average molecular weight is 435 g/mol. The number of carbonyl (C=O) groups is 1. The van der Waals surface area contributed by atoms with Crippen molar-refractivity contribution >= 4 is 21.6 Å². The average Bonchev–Trinajstić information content (AvgIpc) is 3.23. The van der Waals surface area contributed by atoms with Crippen molar-refractivity contribution in [3.05, 3.63) is 53.8 Å². The number of ether oxygens (including phenoxy) is 1. The highest BCUT2D eigenvalue weighted by Crippen LogP contribution is 2.25. The van der Waals surface area contributed by atoms with Gasteiger partial charge in [0.1, 0.15) is 16.5 Å². The van der Waals surface area contributed by atoms with Crippen molar-refractivity contribution in [2.45, 2.75) is 50.5 Å². The van der Waals surface area contributed by atoms with Crippen LogP contribution in [-0.2, 0) is 10.0 Å². The largest absolute Gasteiger partial charge is 0.490 e. The molecule has 2 aromatic rings. The van der Waals surface area contributed by atoms with Gasteiger partial charge in [0.15, 0.2) is 0 Å². The number of carbonyl (C=O) groups excluding carboxylic acids is 1. The lowest BCUT2D eigenvalue weighted by molar-refractivity contribution is 0.102. The summed E-state index contributed by atoms with van der Waals surface area (Å²) in [7, 11) is -4.02. The molecule has 0 radical (unpaired) electrons. The van der Waals surface area contributed by atoms with Crippen LogP contribution in [-0.4, -0.2) is 37.8 Å². The zero-order valence-electron chi connectivity index (χ0n) is 17.2. The van der Waals surface area contributed by atoms with E-state index < -0.39 is 26.6 Å². The fourth-order valence-electron chi connectivity index (χ4n) is 3.56. The van der Waals surface area contributed by atoms with E-state index in [-0.39, 0.29) is 24.8 Å². The molecule has 0 spiro atoms. The van der Waals surface area contributed by atoms with Crippen LogP contribution in [0.25, 0.3) is 0 Å². The van der Waals surface area contributed by atoms with Gasteiger partial charge in [0.25, 0.3) is 5.91 Å². The highest BCUT2D eigenvalue weighted by molar-refractivity contribution is 7.89. The van der Waals surface area contributed by atoms with E-state index in [1.165, 1.54) is 18.9 Å². The smallest absolute Gasteiger partial charge is 0.255 e. The third-order valence-corrected chi connectivity index (χ3v) is 7.30. The lowest BCUT2D eigenvalue weighted by Gasteiger charge is -2.19. The van der Waals surface area contributed by atoms with Crippen molar-refractivity contribution in [3.63, 3.8) is 0 Å². The topological polar surface area (TPSA) is 75.7 Å². The molecule has 1 saturated carbocycles. The van der Waals surface area contributed by atoms with Crippen molar-refractivity contribution in [1.29, 1.82) is 0 Å². The molecule has 0 unspecified atom stereocenters. The van der Waals surface area contributed by atoms with E-state index in [2.05, 4.69) is 5.32 Å². The first-order valence-corrected chi connectivity index (χ1v) is 11.7. The number of nitrogens with one attached hydrogen (secondary N) is 1. The Morgan fingerprint density at radius 3 is 2.33 bits per heavy atom. The van der Waals surface area contributed by atoms with Crippen LogP contribution in [0.2, 0.25) is 0 Å². The van der Waals surface area contributed by atoms with Gasteiger partial charge < -0.3 is 10.1 Å². The Morgan fingerprint density at radius 1 is 1.10 bits per heavy atom. The molecule has 1 aliphatic rings. The highest BCUT2D eigenvalue weighted by atomic mass is 32.2. The van der Waals surface area contributed by atoms with E-state index in [9.17, 15) is 17.6 Å². The summed E-state index contributed by atoms with van der Waals surface area (Å²) in [6.07, 6.45) is 4.73. The van der Waals surface area contributed by atoms with Crippen LogP contribution in [0.4, 0.5) is 10.1 Å². The number of hydrogen-bond acceptors (Lipinski definition) is 4. The minimum Gasteiger partial charge on any atom is -0.490 e. The molecule has 6 nitrogen and oxygen atoms in total. The molecule has 1 amide bonds. The quantitative estimate of drug-likeness (QED) is 0.667. The van der Waals surface area contributed by atoms with Gasteiger partial charge in [0.2, 0.25) is 10.0 Å². The number of anilines is 1. The third-order valence-electron chi connectivity index (χ3n) is 5.23. The first-order chi connectivity index (χ1) is 14.3. The summed E-state index contributed by atoms with van der Waals surface area (Å²) in [5, 5.41) is 2.71. The van der Waals surface area contributed by atoms with Crippen molar-refractivity contribution in [2.75, 3.05) is 18.4 Å². The van der Waals surface area contributed by atoms with Gasteiger partial charge in [-0.3, -0.25) is 4.79 Å². The molecule has 0 atom stereocenters. The van der Waals surface area contributed by atoms with Gasteiger partial charge in [-0.2, -0.15) is 4.31 Å². The Labute approximate surface area is 177 Å². The van der Waals surface area contributed by atoms with Crippen LogP contribution >= 0.6 is 0 Å². The maximum atomic E-state index is 14.2. The molecule has 0 aromatic heterocycles. The molecule has 1 fully saturated rings. The summed E-state index contributed by atoms with van der Waals surface area (Å²) in [4.78, 5) is 12.1. The van der Waals surface area contributed by atoms with Crippen LogP contribution in [0.5, 0.6) is 5.75 Å². The summed E-state index contributed by atoms with van der Waals surface area (Å²) in [6, 6.07) is 10.4. The fraction of sp³-hybridized carbons (Fsp3) is 0.409. The Kier molecular flexibility index (Phi) is 7.10. The van der Waals surface area contributed by atoms with Crippen molar-refractivity contribution in [1.82, 2.24) is 4.31 Å². The molecule has 0 saturated heterocycles. The van der Waals surface area contributed by atoms with Gasteiger partial charge in [0.05, 0.1) is 6.10 Å². The molecule has 1 aliphatic carbocycles. The number of sulfonamides is 1. The van der Waals surface area contributed by atoms with Gasteiger partial charge in [-0.05, 0) is 68.1 Å². The van der Waals surface area contributed by atoms with Gasteiger partial charge in [-0.15, -0.1) is 0 Å². The number of benzene rings is 2. The second-order valence-corrected chi connectivity index (χ2v) is 9.14. The highest BCUT2D eigenvalue weighted by Gasteiger charge is 2.26. The molecule has 0 bridgehead atoms. The monoisotopic (exact) mass is 434 g/mol. The number of rotatable bonds is 8. The summed E-state index contributed by atoms with van der Waals surface area (Å²) in [5.74, 6) is -0.656. The molecular formula is C22H27FN2O4S. The summed E-state index contributed by atoms with van der Waals surface area (Å²) in [6.45, 7) is 3.78. The van der Waals surface area contributed by atoms with E-state index >= 15 is 0 Å². The Morgan fingerprint density at radius 2 is 1.73 bits per heavy atom. The van der Waals surface area contributed by atoms with Crippen molar-refractivity contribution in [2.24, 2.45) is 0 Å².